The monoisotopic (exact) mass is 383 g/mol. The zero-order valence-corrected chi connectivity index (χ0v) is 15.7. The van der Waals surface area contributed by atoms with Crippen molar-refractivity contribution >= 4 is 17.6 Å². The van der Waals surface area contributed by atoms with Crippen LogP contribution in [0.2, 0.25) is 0 Å². The second-order valence-electron chi connectivity index (χ2n) is 6.76. The molecule has 0 aliphatic carbocycles. The third kappa shape index (κ3) is 5.50. The van der Waals surface area contributed by atoms with Crippen LogP contribution in [0.5, 0.6) is 0 Å². The predicted molar refractivity (Wildman–Crippen MR) is 106 cm³/mol. The Balaban J connectivity index is 1.46. The topological polar surface area (TPSA) is 102 Å². The fourth-order valence-electron chi connectivity index (χ4n) is 3.25. The molecule has 0 saturated carbocycles. The van der Waals surface area contributed by atoms with Crippen LogP contribution in [0.25, 0.3) is 0 Å². The summed E-state index contributed by atoms with van der Waals surface area (Å²) in [6.07, 6.45) is 4.63. The number of hydrogen-bond acceptors (Lipinski definition) is 7. The van der Waals surface area contributed by atoms with Gasteiger partial charge in [-0.2, -0.15) is 0 Å². The summed E-state index contributed by atoms with van der Waals surface area (Å²) in [5, 5.41) is 21.1. The maximum Gasteiger partial charge on any atom is 0.303 e. The molecule has 1 saturated heterocycles. The summed E-state index contributed by atoms with van der Waals surface area (Å²) in [7, 11) is 0. The van der Waals surface area contributed by atoms with Gasteiger partial charge in [0.2, 0.25) is 5.95 Å². The number of rotatable bonds is 8. The highest BCUT2D eigenvalue weighted by Crippen LogP contribution is 2.13. The van der Waals surface area contributed by atoms with Gasteiger partial charge in [0.1, 0.15) is 0 Å². The van der Waals surface area contributed by atoms with Crippen molar-refractivity contribution in [3.63, 3.8) is 0 Å². The van der Waals surface area contributed by atoms with Crippen LogP contribution in [0.1, 0.15) is 24.0 Å². The number of benzene rings is 1. The van der Waals surface area contributed by atoms with Gasteiger partial charge in [-0.25, -0.2) is 9.97 Å². The van der Waals surface area contributed by atoms with Crippen LogP contribution in [-0.4, -0.2) is 69.6 Å². The Morgan fingerprint density at radius 1 is 1.04 bits per heavy atom. The Morgan fingerprint density at radius 2 is 1.71 bits per heavy atom. The molecule has 2 aromatic rings. The van der Waals surface area contributed by atoms with E-state index >= 15 is 0 Å². The van der Waals surface area contributed by atoms with Crippen molar-refractivity contribution in [2.75, 3.05) is 37.6 Å². The molecule has 28 heavy (non-hydrogen) atoms. The third-order valence-corrected chi connectivity index (χ3v) is 4.91. The summed E-state index contributed by atoms with van der Waals surface area (Å²) in [4.78, 5) is 23.9. The van der Waals surface area contributed by atoms with Crippen LogP contribution in [0.3, 0.4) is 0 Å². The van der Waals surface area contributed by atoms with E-state index in [1.165, 1.54) is 5.56 Å². The summed E-state index contributed by atoms with van der Waals surface area (Å²) in [5.74, 6) is -0.112. The average Bonchev–Trinajstić information content (AvgIpc) is 2.74. The van der Waals surface area contributed by atoms with Gasteiger partial charge in [0.25, 0.3) is 0 Å². The fourth-order valence-corrected chi connectivity index (χ4v) is 3.25. The van der Waals surface area contributed by atoms with Gasteiger partial charge >= 0.3 is 5.97 Å². The van der Waals surface area contributed by atoms with Crippen LogP contribution in [-0.2, 0) is 11.2 Å². The molecule has 0 unspecified atom stereocenters. The van der Waals surface area contributed by atoms with E-state index in [-0.39, 0.29) is 12.8 Å². The molecule has 1 aromatic heterocycles. The first-order chi connectivity index (χ1) is 13.7. The van der Waals surface area contributed by atoms with Gasteiger partial charge in [0.05, 0.1) is 12.1 Å². The molecular formula is C20H25N5O3. The van der Waals surface area contributed by atoms with Crippen LogP contribution >= 0.6 is 0 Å². The average molecular weight is 383 g/mol. The molecule has 1 aromatic carbocycles. The van der Waals surface area contributed by atoms with Crippen molar-refractivity contribution in [1.29, 1.82) is 0 Å². The van der Waals surface area contributed by atoms with Gasteiger partial charge in [0.15, 0.2) is 0 Å². The smallest absolute Gasteiger partial charge is 0.303 e. The molecule has 0 radical (unpaired) electrons. The van der Waals surface area contributed by atoms with Crippen molar-refractivity contribution in [2.45, 2.75) is 19.3 Å². The standard InChI is InChI=1S/C20H25N5O3/c26-19(27)7-6-18(23-28)17-4-2-16(3-5-17)8-11-24-12-14-25(15-13-24)20-21-9-1-10-22-20/h1-5,9-10,28H,6-8,11-15H2,(H,26,27)/b23-18-. The van der Waals surface area contributed by atoms with E-state index in [1.54, 1.807) is 12.4 Å². The lowest BCUT2D eigenvalue weighted by molar-refractivity contribution is -0.136. The molecule has 148 valence electrons. The molecule has 8 heteroatoms. The number of piperazine rings is 1. The number of carboxylic acid groups (broad SMARTS) is 1. The number of aromatic nitrogens is 2. The molecule has 1 aliphatic heterocycles. The SMILES string of the molecule is O=C(O)CC/C(=N/O)c1ccc(CCN2CCN(c3ncccn3)CC2)cc1. The fraction of sp³-hybridized carbons (Fsp3) is 0.400. The van der Waals surface area contributed by atoms with E-state index in [4.69, 9.17) is 10.3 Å². The molecule has 0 spiro atoms. The van der Waals surface area contributed by atoms with Gasteiger partial charge in [-0.15, -0.1) is 0 Å². The summed E-state index contributed by atoms with van der Waals surface area (Å²) in [5.41, 5.74) is 2.35. The summed E-state index contributed by atoms with van der Waals surface area (Å²) < 4.78 is 0. The predicted octanol–water partition coefficient (Wildman–Crippen LogP) is 1.88. The first-order valence-corrected chi connectivity index (χ1v) is 9.42. The second kappa shape index (κ2) is 9.80. The third-order valence-electron chi connectivity index (χ3n) is 4.91. The van der Waals surface area contributed by atoms with Crippen LogP contribution < -0.4 is 4.90 Å². The van der Waals surface area contributed by atoms with E-state index in [2.05, 4.69) is 24.9 Å². The number of aliphatic carboxylic acids is 1. The van der Waals surface area contributed by atoms with Gasteiger partial charge in [-0.05, 0) is 23.6 Å². The van der Waals surface area contributed by atoms with Crippen molar-refractivity contribution in [3.05, 3.63) is 53.9 Å². The van der Waals surface area contributed by atoms with Crippen molar-refractivity contribution in [3.8, 4) is 0 Å². The zero-order chi connectivity index (χ0) is 19.8. The highest BCUT2D eigenvalue weighted by Gasteiger charge is 2.18. The number of carbonyl (C=O) groups is 1. The number of oxime groups is 1. The Hall–Kier alpha value is -3.00. The van der Waals surface area contributed by atoms with E-state index < -0.39 is 5.97 Å². The highest BCUT2D eigenvalue weighted by atomic mass is 16.4. The van der Waals surface area contributed by atoms with Crippen molar-refractivity contribution < 1.29 is 15.1 Å². The molecule has 2 N–H and O–H groups in total. The van der Waals surface area contributed by atoms with Crippen LogP contribution in [0.15, 0.2) is 47.9 Å². The lowest BCUT2D eigenvalue weighted by atomic mass is 10.0. The number of anilines is 1. The maximum atomic E-state index is 10.7. The molecule has 0 bridgehead atoms. The Labute approximate surface area is 164 Å². The van der Waals surface area contributed by atoms with E-state index in [9.17, 15) is 4.79 Å². The normalized spacial score (nSPS) is 15.6. The molecule has 2 heterocycles. The van der Waals surface area contributed by atoms with E-state index in [1.807, 2.05) is 30.3 Å². The Kier molecular flexibility index (Phi) is 6.91. The number of nitrogens with zero attached hydrogens (tertiary/aromatic N) is 5. The van der Waals surface area contributed by atoms with Crippen LogP contribution in [0, 0.1) is 0 Å². The summed E-state index contributed by atoms with van der Waals surface area (Å²) in [6, 6.07) is 9.62. The van der Waals surface area contributed by atoms with Gasteiger partial charge in [-0.1, -0.05) is 29.4 Å². The maximum absolute atomic E-state index is 10.7. The number of carboxylic acids is 1. The van der Waals surface area contributed by atoms with Crippen LogP contribution in [0.4, 0.5) is 5.95 Å². The lowest BCUT2D eigenvalue weighted by Crippen LogP contribution is -2.47. The van der Waals surface area contributed by atoms with Gasteiger partial charge in [0, 0.05) is 51.5 Å². The van der Waals surface area contributed by atoms with Crippen molar-refractivity contribution in [2.24, 2.45) is 5.16 Å². The van der Waals surface area contributed by atoms with Gasteiger partial charge in [-0.3, -0.25) is 9.69 Å². The molecule has 8 nitrogen and oxygen atoms in total. The largest absolute Gasteiger partial charge is 0.481 e. The molecule has 0 amide bonds. The highest BCUT2D eigenvalue weighted by molar-refractivity contribution is 6.01. The molecule has 1 fully saturated rings. The Bertz CT molecular complexity index is 787. The minimum Gasteiger partial charge on any atom is -0.481 e. The van der Waals surface area contributed by atoms with Gasteiger partial charge < -0.3 is 15.2 Å². The second-order valence-corrected chi connectivity index (χ2v) is 6.76. The van der Waals surface area contributed by atoms with Crippen molar-refractivity contribution in [1.82, 2.24) is 14.9 Å². The molecule has 1 aliphatic rings. The molecule has 3 rings (SSSR count). The lowest BCUT2D eigenvalue weighted by Gasteiger charge is -2.34. The Morgan fingerprint density at radius 3 is 2.32 bits per heavy atom. The minimum atomic E-state index is -0.906. The minimum absolute atomic E-state index is 0.0544. The molecule has 0 atom stereocenters. The van der Waals surface area contributed by atoms with E-state index in [0.717, 1.165) is 50.7 Å². The quantitative estimate of drug-likeness (QED) is 0.408. The number of hydrogen-bond donors (Lipinski definition) is 2. The first-order valence-electron chi connectivity index (χ1n) is 9.42. The van der Waals surface area contributed by atoms with E-state index in [0.29, 0.717) is 5.71 Å². The summed E-state index contributed by atoms with van der Waals surface area (Å²) in [6.45, 7) is 4.77. The zero-order valence-electron chi connectivity index (χ0n) is 15.7. The first kappa shape index (κ1) is 19.8. The molecular weight excluding hydrogens is 358 g/mol. The summed E-state index contributed by atoms with van der Waals surface area (Å²) >= 11 is 0.